The van der Waals surface area contributed by atoms with E-state index in [4.69, 9.17) is 4.11 Å². The van der Waals surface area contributed by atoms with Gasteiger partial charge in [0.15, 0.2) is 0 Å². The molecule has 0 bridgehead atoms. The van der Waals surface area contributed by atoms with Gasteiger partial charge in [0.1, 0.15) is 30.8 Å². The van der Waals surface area contributed by atoms with Gasteiger partial charge in [-0.25, -0.2) is 0 Å². The Morgan fingerprint density at radius 1 is 0.302 bits per heavy atom. The highest BCUT2D eigenvalue weighted by Gasteiger charge is 2.32. The molecule has 14 heteroatoms. The zero-order valence-electron chi connectivity index (χ0n) is 74.0. The first-order valence-corrected chi connectivity index (χ1v) is 40.8. The molecule has 14 nitrogen and oxygen atoms in total. The highest BCUT2D eigenvalue weighted by molar-refractivity contribution is 6.17. The smallest absolute Gasteiger partial charge is 0.102 e. The molecule has 6 aliphatic rings. The van der Waals surface area contributed by atoms with Crippen molar-refractivity contribution in [2.75, 3.05) is 59.7 Å². The minimum Gasteiger partial charge on any atom is -0.359 e. The van der Waals surface area contributed by atoms with Gasteiger partial charge in [-0.1, -0.05) is 103 Å². The molecule has 14 aromatic rings. The molecule has 0 saturated carbocycles. The minimum absolute atomic E-state index is 0.162. The van der Waals surface area contributed by atoms with Gasteiger partial charge in [0.05, 0.1) is 33.8 Å². The summed E-state index contributed by atoms with van der Waals surface area (Å²) in [6, 6.07) is 47.3. The molecule has 10 aromatic carbocycles. The van der Waals surface area contributed by atoms with E-state index in [-0.39, 0.29) is 6.17 Å². The summed E-state index contributed by atoms with van der Waals surface area (Å²) >= 11 is 0. The third-order valence-electron chi connectivity index (χ3n) is 25.4. The molecule has 0 amide bonds. The SMILES string of the molecule is Cc1cc(C)c2c(ccc3ccncc32)c1N1C=CN(C)[C@@H]1C.Cc1cc(C)c2c(ccc3cnccc32)c1N1C=CN(C)[C@@H]1C.Cc1cc(C)c2c(ccc3ncccc32)c1N1C=CN(C)[C@@H]1C.Cc1cccc2c1-c1c(C)cc(C)c(N3C=CN(C)[C@@H]3C)c1CC2.[2H]C([2H])([2H])c1cc(C)c(N2C=CN(C)[C@@H]2C)c2ccc3cccnc3c12. The lowest BCUT2D eigenvalue weighted by atomic mass is 9.79. The van der Waals surface area contributed by atoms with E-state index >= 15 is 0 Å². The summed E-state index contributed by atoms with van der Waals surface area (Å²) in [4.78, 5) is 40.4. The lowest BCUT2D eigenvalue weighted by Gasteiger charge is -2.34. The van der Waals surface area contributed by atoms with E-state index in [2.05, 4.69) is 341 Å². The fourth-order valence-electron chi connectivity index (χ4n) is 18.9. The van der Waals surface area contributed by atoms with Crippen LogP contribution in [0.1, 0.15) is 111 Å². The maximum atomic E-state index is 8.05. The van der Waals surface area contributed by atoms with Crippen LogP contribution in [0.4, 0.5) is 28.4 Å². The van der Waals surface area contributed by atoms with Crippen LogP contribution in [0.15, 0.2) is 233 Å². The molecule has 1 aliphatic carbocycles. The van der Waals surface area contributed by atoms with Crippen molar-refractivity contribution in [3.8, 4) is 11.1 Å². The van der Waals surface area contributed by atoms with Crippen molar-refractivity contribution < 1.29 is 4.11 Å². The van der Waals surface area contributed by atoms with E-state index in [9.17, 15) is 0 Å². The second kappa shape index (κ2) is 31.1. The van der Waals surface area contributed by atoms with E-state index < -0.39 is 6.85 Å². The molecule has 0 unspecified atom stereocenters. The van der Waals surface area contributed by atoms with E-state index in [1.54, 1.807) is 12.3 Å². The van der Waals surface area contributed by atoms with Crippen molar-refractivity contribution in [2.24, 2.45) is 0 Å². The molecule has 0 fully saturated rings. The number of anilines is 5. The molecule has 9 heterocycles. The number of rotatable bonds is 5. The Morgan fingerprint density at radius 2 is 0.724 bits per heavy atom. The molecule has 20 rings (SSSR count). The quantitative estimate of drug-likeness (QED) is 0.153. The summed E-state index contributed by atoms with van der Waals surface area (Å²) in [5, 5.41) is 16.6. The van der Waals surface area contributed by atoms with Crippen LogP contribution in [0.5, 0.6) is 0 Å². The Labute approximate surface area is 689 Å². The average Bonchev–Trinajstić information content (AvgIpc) is 1.71. The molecule has 588 valence electrons. The Hall–Kier alpha value is -12.4. The van der Waals surface area contributed by atoms with Crippen LogP contribution in [-0.4, -0.2) is 111 Å². The second-order valence-electron chi connectivity index (χ2n) is 32.8. The summed E-state index contributed by atoms with van der Waals surface area (Å²) < 4.78 is 24.1. The summed E-state index contributed by atoms with van der Waals surface area (Å²) in [5.74, 6) is 0. The molecule has 0 saturated heterocycles. The summed E-state index contributed by atoms with van der Waals surface area (Å²) in [6.07, 6.45) is 36.5. The van der Waals surface area contributed by atoms with Gasteiger partial charge in [0, 0.05) is 193 Å². The van der Waals surface area contributed by atoms with Gasteiger partial charge in [0.25, 0.3) is 0 Å². The van der Waals surface area contributed by atoms with Gasteiger partial charge in [0.2, 0.25) is 0 Å². The highest BCUT2D eigenvalue weighted by atomic mass is 15.4. The number of fused-ring (bicyclic) bond motifs is 15. The average molecular weight is 1540 g/mol. The maximum absolute atomic E-state index is 8.05. The van der Waals surface area contributed by atoms with Crippen molar-refractivity contribution in [2.45, 2.75) is 154 Å². The lowest BCUT2D eigenvalue weighted by molar-refractivity contribution is 0.382. The van der Waals surface area contributed by atoms with Gasteiger partial charge in [-0.3, -0.25) is 19.9 Å². The molecular formula is C102H110N14. The van der Waals surface area contributed by atoms with Crippen LogP contribution < -0.4 is 24.5 Å². The molecule has 5 atom stereocenters. The minimum atomic E-state index is -2.20. The third kappa shape index (κ3) is 13.5. The van der Waals surface area contributed by atoms with E-state index in [0.717, 1.165) is 51.3 Å². The molecule has 0 spiro atoms. The molecule has 5 aliphatic heterocycles. The van der Waals surface area contributed by atoms with E-state index in [0.29, 0.717) is 30.2 Å². The predicted octanol–water partition coefficient (Wildman–Crippen LogP) is 23.2. The number of aryl methyl sites for hydroxylation is 12. The number of hydrogen-bond donors (Lipinski definition) is 0. The zero-order chi connectivity index (χ0) is 84.1. The monoisotopic (exact) mass is 1530 g/mol. The maximum Gasteiger partial charge on any atom is 0.102 e. The predicted molar refractivity (Wildman–Crippen MR) is 493 cm³/mol. The summed E-state index contributed by atoms with van der Waals surface area (Å²) in [7, 11) is 10.5. The Bertz CT molecular complexity index is 6160. The first kappa shape index (κ1) is 73.7. The van der Waals surface area contributed by atoms with E-state index in [1.165, 1.54) is 154 Å². The van der Waals surface area contributed by atoms with E-state index in [1.807, 2.05) is 87.7 Å². The number of hydrogen-bond acceptors (Lipinski definition) is 14. The topological polar surface area (TPSA) is 84.0 Å². The molecule has 4 aromatic heterocycles. The number of benzene rings is 10. The van der Waals surface area contributed by atoms with Crippen LogP contribution in [-0.2, 0) is 12.8 Å². The Balaban J connectivity index is 0.000000111. The van der Waals surface area contributed by atoms with Crippen LogP contribution in [0.2, 0.25) is 0 Å². The van der Waals surface area contributed by atoms with Gasteiger partial charge in [-0.2, -0.15) is 0 Å². The second-order valence-corrected chi connectivity index (χ2v) is 32.8. The molecule has 0 radical (unpaired) electrons. The van der Waals surface area contributed by atoms with Gasteiger partial charge < -0.3 is 49.0 Å². The Morgan fingerprint density at radius 3 is 1.24 bits per heavy atom. The summed E-state index contributed by atoms with van der Waals surface area (Å²) in [6.45, 7) is 30.9. The first-order chi connectivity index (χ1) is 57.0. The Kier molecular flexibility index (Phi) is 19.7. The van der Waals surface area contributed by atoms with Crippen molar-refractivity contribution in [3.05, 3.63) is 305 Å². The molecule has 0 N–H and O–H groups in total. The van der Waals surface area contributed by atoms with Crippen molar-refractivity contribution in [1.82, 2.24) is 44.4 Å². The third-order valence-corrected chi connectivity index (χ3v) is 25.4. The normalized spacial score (nSPS) is 18.4. The van der Waals surface area contributed by atoms with Crippen LogP contribution in [0.3, 0.4) is 0 Å². The van der Waals surface area contributed by atoms with Gasteiger partial charge in [-0.05, 0) is 264 Å². The van der Waals surface area contributed by atoms with Gasteiger partial charge in [-0.15, -0.1) is 0 Å². The van der Waals surface area contributed by atoms with Crippen LogP contribution in [0.25, 0.3) is 97.6 Å². The number of aromatic nitrogens is 4. The van der Waals surface area contributed by atoms with Crippen molar-refractivity contribution in [1.29, 1.82) is 0 Å². The largest absolute Gasteiger partial charge is 0.359 e. The van der Waals surface area contributed by atoms with Crippen LogP contribution in [0, 0.1) is 76.1 Å². The van der Waals surface area contributed by atoms with Gasteiger partial charge >= 0.3 is 0 Å². The fraction of sp³-hybridized carbons (Fsp3) is 0.275. The first-order valence-electron chi connectivity index (χ1n) is 42.3. The van der Waals surface area contributed by atoms with Crippen molar-refractivity contribution >= 4 is 115 Å². The number of nitrogens with zero attached hydrogens (tertiary/aromatic N) is 14. The zero-order valence-corrected chi connectivity index (χ0v) is 71.0. The fourth-order valence-corrected chi connectivity index (χ4v) is 18.9. The summed E-state index contributed by atoms with van der Waals surface area (Å²) in [5.41, 5.74) is 27.5. The lowest BCUT2D eigenvalue weighted by Crippen LogP contribution is -2.34. The van der Waals surface area contributed by atoms with Crippen LogP contribution >= 0.6 is 0 Å². The molecular weight excluding hydrogens is 1420 g/mol. The van der Waals surface area contributed by atoms with Crippen molar-refractivity contribution in [3.63, 3.8) is 0 Å². The molecule has 116 heavy (non-hydrogen) atoms. The number of pyridine rings is 4. The standard InChI is InChI=1S/C22H26N2.4C20H21N3/c1-14-7-6-8-18-9-10-19-21(20(14)18)15(2)13-16(3)22(19)24-12-11-23(5)17(24)4;1-13-11-14(2)20(23-10-9-22(4)15(23)3)18-6-5-16-12-21-8-7-17(16)19(13)18;1-13-11-14(2)20(23-10-9-22(4)15(23)3)17-6-5-16-7-8-21-12-18(16)19(13)17;1-13-12-14(2)20(23-11-10-22(4)15(23)3)17-7-8-18-16(19(13)17)6-5-9-21-18;1-13-12-14(2)20(23-11-10-22(4)15(23)3)17-8-7-16-6-5-9-21-19(16)18(13)17/h6-8,11-13,17H,9-10H2,1-5H3;4*5-12,15H,1-4H3/t17-;4*15-/m00000/s1/i;;;;1D3. The highest BCUT2D eigenvalue weighted by Crippen LogP contribution is 2.48.